The van der Waals surface area contributed by atoms with Crippen molar-refractivity contribution in [3.8, 4) is 11.8 Å². The summed E-state index contributed by atoms with van der Waals surface area (Å²) < 4.78 is 0. The number of halogens is 2. The first-order chi connectivity index (χ1) is 11.9. The summed E-state index contributed by atoms with van der Waals surface area (Å²) in [6.07, 6.45) is 2.60. The van der Waals surface area contributed by atoms with Gasteiger partial charge in [0.15, 0.2) is 0 Å². The number of ketones is 1. The van der Waals surface area contributed by atoms with Crippen molar-refractivity contribution in [1.29, 1.82) is 0 Å². The van der Waals surface area contributed by atoms with E-state index in [1.54, 1.807) is 18.2 Å². The minimum absolute atomic E-state index is 0.0790. The standard InChI is InChI=1S/C20H24Cl2O3/c1-2-3-4-5-16-17(20(25)12-19(16)24)8-7-15(23)11-13-10-14(21)6-9-18(13)22/h6,9-10,15-17,20,23,25H,2-5,11-12H2,1H3/t15?,16-,17-,20?/m1/s1. The summed E-state index contributed by atoms with van der Waals surface area (Å²) in [4.78, 5) is 12.1. The van der Waals surface area contributed by atoms with E-state index in [1.165, 1.54) is 0 Å². The van der Waals surface area contributed by atoms with Crippen LogP contribution in [0.15, 0.2) is 18.2 Å². The van der Waals surface area contributed by atoms with Crippen molar-refractivity contribution in [3.63, 3.8) is 0 Å². The lowest BCUT2D eigenvalue weighted by Crippen LogP contribution is -2.20. The predicted molar refractivity (Wildman–Crippen MR) is 101 cm³/mol. The molecule has 0 amide bonds. The molecule has 25 heavy (non-hydrogen) atoms. The Labute approximate surface area is 159 Å². The monoisotopic (exact) mass is 382 g/mol. The first-order valence-electron chi connectivity index (χ1n) is 8.76. The van der Waals surface area contributed by atoms with E-state index in [0.717, 1.165) is 31.2 Å². The fourth-order valence-corrected chi connectivity index (χ4v) is 3.65. The lowest BCUT2D eigenvalue weighted by atomic mass is 9.89. The molecule has 5 heteroatoms. The quantitative estimate of drug-likeness (QED) is 0.576. The van der Waals surface area contributed by atoms with Gasteiger partial charge in [0.1, 0.15) is 11.9 Å². The van der Waals surface area contributed by atoms with Crippen LogP contribution in [0.3, 0.4) is 0 Å². The van der Waals surface area contributed by atoms with Crippen LogP contribution in [-0.2, 0) is 11.2 Å². The third-order valence-electron chi connectivity index (χ3n) is 4.63. The molecular formula is C20H24Cl2O3. The van der Waals surface area contributed by atoms with Crippen molar-refractivity contribution >= 4 is 29.0 Å². The normalized spacial score (nSPS) is 24.0. The molecule has 0 aliphatic heterocycles. The van der Waals surface area contributed by atoms with Crippen molar-refractivity contribution in [2.45, 2.75) is 57.7 Å². The Hall–Kier alpha value is -1.05. The molecule has 0 radical (unpaired) electrons. The second-order valence-corrected chi connectivity index (χ2v) is 7.45. The van der Waals surface area contributed by atoms with Gasteiger partial charge in [-0.15, -0.1) is 0 Å². The third-order valence-corrected chi connectivity index (χ3v) is 5.23. The highest BCUT2D eigenvalue weighted by atomic mass is 35.5. The largest absolute Gasteiger partial charge is 0.391 e. The zero-order valence-corrected chi connectivity index (χ0v) is 15.9. The van der Waals surface area contributed by atoms with E-state index >= 15 is 0 Å². The zero-order valence-electron chi connectivity index (χ0n) is 14.3. The highest BCUT2D eigenvalue weighted by Crippen LogP contribution is 2.32. The number of aliphatic hydroxyl groups is 2. The molecule has 1 fully saturated rings. The molecule has 2 N–H and O–H groups in total. The SMILES string of the molecule is CCCCC[C@H]1C(=O)CC(O)[C@@H]1C#CC(O)Cc1cc(Cl)ccc1Cl. The molecular weight excluding hydrogens is 359 g/mol. The molecule has 2 rings (SSSR count). The summed E-state index contributed by atoms with van der Waals surface area (Å²) in [7, 11) is 0. The number of hydrogen-bond donors (Lipinski definition) is 2. The fourth-order valence-electron chi connectivity index (χ4n) is 3.26. The van der Waals surface area contributed by atoms with Gasteiger partial charge in [-0.1, -0.05) is 61.2 Å². The molecule has 0 bridgehead atoms. The van der Waals surface area contributed by atoms with Crippen LogP contribution in [0, 0.1) is 23.7 Å². The van der Waals surface area contributed by atoms with Gasteiger partial charge in [0.25, 0.3) is 0 Å². The van der Waals surface area contributed by atoms with Gasteiger partial charge >= 0.3 is 0 Å². The number of Topliss-reactive ketones (excluding diaryl/α,β-unsaturated/α-hetero) is 1. The summed E-state index contributed by atoms with van der Waals surface area (Å²) in [6.45, 7) is 2.11. The van der Waals surface area contributed by atoms with Gasteiger partial charge in [0, 0.05) is 28.8 Å². The van der Waals surface area contributed by atoms with Crippen LogP contribution in [0.1, 0.15) is 44.6 Å². The molecule has 3 nitrogen and oxygen atoms in total. The zero-order chi connectivity index (χ0) is 18.4. The summed E-state index contributed by atoms with van der Waals surface area (Å²) in [5.41, 5.74) is 0.721. The molecule has 0 heterocycles. The van der Waals surface area contributed by atoms with Gasteiger partial charge in [0.2, 0.25) is 0 Å². The first kappa shape index (κ1) is 20.3. The van der Waals surface area contributed by atoms with E-state index in [1.807, 2.05) is 0 Å². The van der Waals surface area contributed by atoms with Crippen LogP contribution in [0.2, 0.25) is 10.0 Å². The second-order valence-electron chi connectivity index (χ2n) is 6.61. The smallest absolute Gasteiger partial charge is 0.139 e. The highest BCUT2D eigenvalue weighted by Gasteiger charge is 2.40. The van der Waals surface area contributed by atoms with Crippen molar-refractivity contribution in [2.75, 3.05) is 0 Å². The molecule has 0 spiro atoms. The van der Waals surface area contributed by atoms with Crippen LogP contribution in [0.5, 0.6) is 0 Å². The molecule has 0 saturated heterocycles. The maximum absolute atomic E-state index is 12.1. The molecule has 1 saturated carbocycles. The lowest BCUT2D eigenvalue weighted by molar-refractivity contribution is -0.121. The second kappa shape index (κ2) is 9.59. The van der Waals surface area contributed by atoms with Gasteiger partial charge in [-0.05, 0) is 30.2 Å². The Bertz CT molecular complexity index is 663. The Morgan fingerprint density at radius 1 is 1.32 bits per heavy atom. The summed E-state index contributed by atoms with van der Waals surface area (Å²) in [5, 5.41) is 21.4. The van der Waals surface area contributed by atoms with Crippen LogP contribution >= 0.6 is 23.2 Å². The molecule has 1 aliphatic carbocycles. The third kappa shape index (κ3) is 5.72. The number of carbonyl (C=O) groups excluding carboxylic acids is 1. The van der Waals surface area contributed by atoms with E-state index < -0.39 is 18.1 Å². The van der Waals surface area contributed by atoms with Crippen molar-refractivity contribution in [2.24, 2.45) is 11.8 Å². The van der Waals surface area contributed by atoms with Crippen molar-refractivity contribution < 1.29 is 15.0 Å². The molecule has 1 aromatic carbocycles. The Balaban J connectivity index is 2.03. The summed E-state index contributed by atoms with van der Waals surface area (Å²) >= 11 is 12.1. The summed E-state index contributed by atoms with van der Waals surface area (Å²) in [5.74, 6) is 5.19. The van der Waals surface area contributed by atoms with Crippen LogP contribution in [0.25, 0.3) is 0 Å². The number of carbonyl (C=O) groups is 1. The Morgan fingerprint density at radius 3 is 2.80 bits per heavy atom. The van der Waals surface area contributed by atoms with Crippen LogP contribution in [0.4, 0.5) is 0 Å². The van der Waals surface area contributed by atoms with Crippen molar-refractivity contribution in [1.82, 2.24) is 0 Å². The van der Waals surface area contributed by atoms with E-state index in [2.05, 4.69) is 18.8 Å². The topological polar surface area (TPSA) is 57.5 Å². The van der Waals surface area contributed by atoms with E-state index in [4.69, 9.17) is 23.2 Å². The number of hydrogen-bond acceptors (Lipinski definition) is 3. The molecule has 1 aliphatic rings. The Morgan fingerprint density at radius 2 is 2.08 bits per heavy atom. The number of unbranched alkanes of at least 4 members (excludes halogenated alkanes) is 2. The van der Waals surface area contributed by atoms with Crippen LogP contribution in [-0.4, -0.2) is 28.2 Å². The fraction of sp³-hybridized carbons (Fsp3) is 0.550. The Kier molecular flexibility index (Phi) is 7.78. The molecule has 4 atom stereocenters. The average Bonchev–Trinajstić information content (AvgIpc) is 2.83. The number of aliphatic hydroxyl groups excluding tert-OH is 2. The minimum atomic E-state index is -0.921. The number of rotatable bonds is 6. The van der Waals surface area contributed by atoms with E-state index in [0.29, 0.717) is 10.0 Å². The molecule has 0 aromatic heterocycles. The maximum Gasteiger partial charge on any atom is 0.139 e. The maximum atomic E-state index is 12.1. The van der Waals surface area contributed by atoms with Crippen molar-refractivity contribution in [3.05, 3.63) is 33.8 Å². The lowest BCUT2D eigenvalue weighted by Gasteiger charge is -2.15. The summed E-state index contributed by atoms with van der Waals surface area (Å²) in [6, 6.07) is 5.08. The molecule has 136 valence electrons. The van der Waals surface area contributed by atoms with Gasteiger partial charge in [-0.2, -0.15) is 0 Å². The number of benzene rings is 1. The molecule has 2 unspecified atom stereocenters. The van der Waals surface area contributed by atoms with Gasteiger partial charge in [-0.3, -0.25) is 4.79 Å². The minimum Gasteiger partial charge on any atom is -0.391 e. The first-order valence-corrected chi connectivity index (χ1v) is 9.51. The van der Waals surface area contributed by atoms with Gasteiger partial charge in [-0.25, -0.2) is 0 Å². The van der Waals surface area contributed by atoms with E-state index in [-0.39, 0.29) is 24.5 Å². The predicted octanol–water partition coefficient (Wildman–Crippen LogP) is 4.05. The van der Waals surface area contributed by atoms with Crippen LogP contribution < -0.4 is 0 Å². The molecule has 1 aromatic rings. The average molecular weight is 383 g/mol. The van der Waals surface area contributed by atoms with Gasteiger partial charge < -0.3 is 10.2 Å². The highest BCUT2D eigenvalue weighted by molar-refractivity contribution is 6.33. The van der Waals surface area contributed by atoms with Gasteiger partial charge in [0.05, 0.1) is 12.0 Å². The van der Waals surface area contributed by atoms with E-state index in [9.17, 15) is 15.0 Å².